The molecule has 2 aromatic rings. The number of anilines is 1. The number of carbonyl (C=O) groups is 1. The van der Waals surface area contributed by atoms with Crippen molar-refractivity contribution in [1.29, 1.82) is 0 Å². The molecule has 32 heavy (non-hydrogen) atoms. The van der Waals surface area contributed by atoms with Crippen LogP contribution < -0.4 is 10.2 Å². The van der Waals surface area contributed by atoms with Crippen LogP contribution in [0.15, 0.2) is 0 Å². The van der Waals surface area contributed by atoms with Crippen LogP contribution in [0.25, 0.3) is 0 Å². The molecule has 0 spiro atoms. The fraction of sp³-hybridized carbons (Fsp3) is 0.647. The Morgan fingerprint density at radius 3 is 2.38 bits per heavy atom. The highest BCUT2D eigenvalue weighted by molar-refractivity contribution is 7.15. The van der Waals surface area contributed by atoms with Gasteiger partial charge in [0, 0.05) is 37.5 Å². The van der Waals surface area contributed by atoms with Gasteiger partial charge < -0.3 is 15.3 Å². The Balaban J connectivity index is 1.59. The number of piperidine rings is 1. The van der Waals surface area contributed by atoms with E-state index in [0.29, 0.717) is 11.3 Å². The van der Waals surface area contributed by atoms with Crippen molar-refractivity contribution < 1.29 is 36.2 Å². The van der Waals surface area contributed by atoms with Crippen LogP contribution in [-0.2, 0) is 23.1 Å². The molecule has 2 aliphatic rings. The highest BCUT2D eigenvalue weighted by atomic mass is 32.1. The molecule has 0 amide bonds. The van der Waals surface area contributed by atoms with Gasteiger partial charge in [-0.1, -0.05) is 11.3 Å². The summed E-state index contributed by atoms with van der Waals surface area (Å²) in [4.78, 5) is 13.5. The van der Waals surface area contributed by atoms with Crippen molar-refractivity contribution in [2.45, 2.75) is 49.7 Å². The third kappa shape index (κ3) is 4.08. The summed E-state index contributed by atoms with van der Waals surface area (Å²) in [5.41, 5.74) is -3.75. The van der Waals surface area contributed by atoms with Crippen molar-refractivity contribution in [3.8, 4) is 0 Å². The van der Waals surface area contributed by atoms with E-state index in [1.54, 1.807) is 4.90 Å². The maximum absolute atomic E-state index is 13.9. The Morgan fingerprint density at radius 1 is 1.09 bits per heavy atom. The van der Waals surface area contributed by atoms with Crippen LogP contribution >= 0.6 is 11.3 Å². The van der Waals surface area contributed by atoms with Crippen molar-refractivity contribution in [1.82, 2.24) is 25.7 Å². The zero-order valence-electron chi connectivity index (χ0n) is 16.3. The first kappa shape index (κ1) is 22.9. The lowest BCUT2D eigenvalue weighted by atomic mass is 9.80. The van der Waals surface area contributed by atoms with Crippen molar-refractivity contribution >= 4 is 22.3 Å². The summed E-state index contributed by atoms with van der Waals surface area (Å²) in [6, 6.07) is 0. The number of H-pyrrole nitrogens is 1. The molecule has 1 fully saturated rings. The average molecular weight is 484 g/mol. The first-order valence-corrected chi connectivity index (χ1v) is 10.5. The van der Waals surface area contributed by atoms with E-state index in [0.717, 1.165) is 0 Å². The quantitative estimate of drug-likeness (QED) is 0.563. The van der Waals surface area contributed by atoms with Crippen LogP contribution in [0.4, 0.5) is 31.5 Å². The molecule has 1 atom stereocenters. The third-order valence-electron chi connectivity index (χ3n) is 5.64. The first-order valence-electron chi connectivity index (χ1n) is 9.65. The smallest absolute Gasteiger partial charge is 0.376 e. The van der Waals surface area contributed by atoms with Crippen LogP contribution in [0, 0.1) is 0 Å². The summed E-state index contributed by atoms with van der Waals surface area (Å²) in [7, 11) is 0. The number of alkyl halides is 6. The summed E-state index contributed by atoms with van der Waals surface area (Å²) in [6.07, 6.45) is -10.3. The number of aromatic amines is 1. The molecule has 4 heterocycles. The van der Waals surface area contributed by atoms with Crippen molar-refractivity contribution in [2.24, 2.45) is 0 Å². The molecule has 8 nitrogen and oxygen atoms in total. The first-order chi connectivity index (χ1) is 14.9. The molecule has 1 saturated heterocycles. The van der Waals surface area contributed by atoms with Gasteiger partial charge in [-0.2, -0.15) is 31.4 Å². The van der Waals surface area contributed by atoms with Crippen LogP contribution in [0.3, 0.4) is 0 Å². The predicted octanol–water partition coefficient (Wildman–Crippen LogP) is 2.48. The summed E-state index contributed by atoms with van der Waals surface area (Å²) >= 11 is 0.399. The molecule has 1 unspecified atom stereocenters. The zero-order valence-corrected chi connectivity index (χ0v) is 17.2. The lowest BCUT2D eigenvalue weighted by Gasteiger charge is -2.35. The Kier molecular flexibility index (Phi) is 5.69. The molecule has 2 aliphatic heterocycles. The second-order valence-corrected chi connectivity index (χ2v) is 8.74. The van der Waals surface area contributed by atoms with Crippen LogP contribution in [0.5, 0.6) is 0 Å². The number of ketones is 1. The summed E-state index contributed by atoms with van der Waals surface area (Å²) in [5.74, 6) is -1.28. The molecule has 176 valence electrons. The second kappa shape index (κ2) is 7.95. The van der Waals surface area contributed by atoms with Crippen LogP contribution in [0.2, 0.25) is 0 Å². The number of carbonyl (C=O) groups excluding carboxylic acids is 1. The fourth-order valence-electron chi connectivity index (χ4n) is 4.09. The molecule has 3 N–H and O–H groups in total. The number of hydrogen-bond donors (Lipinski definition) is 3. The van der Waals surface area contributed by atoms with E-state index in [4.69, 9.17) is 0 Å². The average Bonchev–Trinajstić information content (AvgIpc) is 3.33. The number of fused-ring (bicyclic) bond motifs is 1. The molecule has 4 rings (SSSR count). The van der Waals surface area contributed by atoms with Gasteiger partial charge in [0.2, 0.25) is 10.1 Å². The van der Waals surface area contributed by atoms with E-state index in [9.17, 15) is 36.2 Å². The standard InChI is InChI=1S/C17H18F6N6O2S/c18-16(19,20)13-27-28-14(32-13)29-3-1-8(2-4-29)12-11-10(25-26-12)7-24-6-9(30)5-15(11,31)17(21,22)23/h8,24,31H,1-7H2,(H,25,26). The number of Topliss-reactive ketones (excluding diaryl/α,β-unsaturated/α-hetero) is 1. The van der Waals surface area contributed by atoms with Gasteiger partial charge >= 0.3 is 12.4 Å². The number of aromatic nitrogens is 4. The van der Waals surface area contributed by atoms with Gasteiger partial charge in [-0.05, 0) is 12.8 Å². The fourth-order valence-corrected chi connectivity index (χ4v) is 4.85. The van der Waals surface area contributed by atoms with E-state index in [-0.39, 0.29) is 55.5 Å². The number of rotatable bonds is 2. The second-order valence-electron chi connectivity index (χ2n) is 7.79. The SMILES string of the molecule is O=C1CNCc2[nH]nc(C3CCN(c4nnc(C(F)(F)F)s4)CC3)c2C(O)(C(F)(F)F)C1. The van der Waals surface area contributed by atoms with E-state index < -0.39 is 46.6 Å². The minimum absolute atomic E-state index is 0.0178. The highest BCUT2D eigenvalue weighted by Crippen LogP contribution is 2.47. The Morgan fingerprint density at radius 2 is 1.78 bits per heavy atom. The molecule has 0 bridgehead atoms. The van der Waals surface area contributed by atoms with Crippen LogP contribution in [-0.4, -0.2) is 57.1 Å². The van der Waals surface area contributed by atoms with E-state index in [1.165, 1.54) is 0 Å². The molecule has 0 aliphatic carbocycles. The predicted molar refractivity (Wildman–Crippen MR) is 99.0 cm³/mol. The van der Waals surface area contributed by atoms with Gasteiger partial charge in [0.15, 0.2) is 5.60 Å². The normalized spacial score (nSPS) is 23.7. The van der Waals surface area contributed by atoms with Gasteiger partial charge in [-0.25, -0.2) is 0 Å². The summed E-state index contributed by atoms with van der Waals surface area (Å²) in [5, 5.41) is 25.7. The van der Waals surface area contributed by atoms with Crippen molar-refractivity contribution in [3.05, 3.63) is 22.0 Å². The minimum atomic E-state index is -5.10. The van der Waals surface area contributed by atoms with E-state index >= 15 is 0 Å². The van der Waals surface area contributed by atoms with Gasteiger partial charge in [0.25, 0.3) is 0 Å². The molecule has 15 heteroatoms. The monoisotopic (exact) mass is 484 g/mol. The molecule has 0 saturated carbocycles. The van der Waals surface area contributed by atoms with Gasteiger partial charge in [0.1, 0.15) is 5.78 Å². The number of aliphatic hydroxyl groups is 1. The Labute approximate surface area is 181 Å². The molecule has 2 aromatic heterocycles. The van der Waals surface area contributed by atoms with Gasteiger partial charge in [0.05, 0.1) is 17.9 Å². The topological polar surface area (TPSA) is 107 Å². The van der Waals surface area contributed by atoms with Gasteiger partial charge in [-0.3, -0.25) is 9.89 Å². The zero-order chi connectivity index (χ0) is 23.3. The highest BCUT2D eigenvalue weighted by Gasteiger charge is 2.59. The largest absolute Gasteiger partial charge is 0.445 e. The van der Waals surface area contributed by atoms with Gasteiger partial charge in [-0.15, -0.1) is 10.2 Å². The molecular formula is C17H18F6N6O2S. The maximum Gasteiger partial charge on any atom is 0.445 e. The number of halogens is 6. The molecular weight excluding hydrogens is 466 g/mol. The Hall–Kier alpha value is -2.26. The Bertz CT molecular complexity index is 997. The number of nitrogens with one attached hydrogen (secondary N) is 2. The van der Waals surface area contributed by atoms with E-state index in [2.05, 4.69) is 25.7 Å². The summed E-state index contributed by atoms with van der Waals surface area (Å²) in [6.45, 7) is 0.0312. The molecule has 0 aromatic carbocycles. The lowest BCUT2D eigenvalue weighted by molar-refractivity contribution is -0.267. The van der Waals surface area contributed by atoms with Crippen molar-refractivity contribution in [3.63, 3.8) is 0 Å². The minimum Gasteiger partial charge on any atom is -0.376 e. The van der Waals surface area contributed by atoms with Crippen LogP contribution in [0.1, 0.15) is 47.1 Å². The van der Waals surface area contributed by atoms with E-state index in [1.807, 2.05) is 0 Å². The lowest BCUT2D eigenvalue weighted by Crippen LogP contribution is -2.48. The summed E-state index contributed by atoms with van der Waals surface area (Å²) < 4.78 is 80.1. The third-order valence-corrected chi connectivity index (χ3v) is 6.67. The number of hydrogen-bond acceptors (Lipinski definition) is 8. The number of nitrogens with zero attached hydrogens (tertiary/aromatic N) is 4. The van der Waals surface area contributed by atoms with Crippen molar-refractivity contribution in [2.75, 3.05) is 24.5 Å². The molecule has 0 radical (unpaired) electrons. The maximum atomic E-state index is 13.9.